The van der Waals surface area contributed by atoms with Gasteiger partial charge in [0.2, 0.25) is 0 Å². The van der Waals surface area contributed by atoms with E-state index in [9.17, 15) is 4.79 Å². The van der Waals surface area contributed by atoms with Gasteiger partial charge in [-0.15, -0.1) is 11.6 Å². The van der Waals surface area contributed by atoms with E-state index in [-0.39, 0.29) is 11.3 Å². The Morgan fingerprint density at radius 2 is 2.06 bits per heavy atom. The summed E-state index contributed by atoms with van der Waals surface area (Å²) in [7, 11) is 0. The number of halogens is 2. The fraction of sp³-hybridized carbons (Fsp3) is 0.462. The zero-order valence-electron chi connectivity index (χ0n) is 10.1. The first-order valence-corrected chi connectivity index (χ1v) is 7.16. The van der Waals surface area contributed by atoms with Crippen LogP contribution in [0.5, 0.6) is 0 Å². The third kappa shape index (κ3) is 4.84. The van der Waals surface area contributed by atoms with Crippen LogP contribution in [0.2, 0.25) is 0 Å². The Kier molecular flexibility index (Phi) is 5.73. The van der Waals surface area contributed by atoms with Crippen LogP contribution in [0.1, 0.15) is 30.6 Å². The van der Waals surface area contributed by atoms with E-state index in [0.717, 1.165) is 15.6 Å². The van der Waals surface area contributed by atoms with E-state index in [0.29, 0.717) is 12.4 Å². The van der Waals surface area contributed by atoms with Crippen molar-refractivity contribution in [1.29, 1.82) is 0 Å². The van der Waals surface area contributed by atoms with E-state index in [1.54, 1.807) is 0 Å². The summed E-state index contributed by atoms with van der Waals surface area (Å²) in [5.41, 5.74) is 0.771. The van der Waals surface area contributed by atoms with Crippen LogP contribution in [0.3, 0.4) is 0 Å². The number of nitrogens with one attached hydrogen (secondary N) is 1. The van der Waals surface area contributed by atoms with Crippen LogP contribution in [0.4, 0.5) is 0 Å². The second-order valence-electron chi connectivity index (χ2n) is 4.77. The van der Waals surface area contributed by atoms with Crippen molar-refractivity contribution in [2.75, 3.05) is 12.4 Å². The van der Waals surface area contributed by atoms with Gasteiger partial charge in [-0.05, 0) is 46.6 Å². The first-order chi connectivity index (χ1) is 7.96. The summed E-state index contributed by atoms with van der Waals surface area (Å²) in [5, 5.41) is 2.96. The molecule has 94 valence electrons. The molecule has 0 aliphatic rings. The van der Waals surface area contributed by atoms with Gasteiger partial charge in [0.25, 0.3) is 5.91 Å². The highest BCUT2D eigenvalue weighted by Crippen LogP contribution is 2.20. The number of hydrogen-bond acceptors (Lipinski definition) is 1. The van der Waals surface area contributed by atoms with Crippen LogP contribution in [-0.2, 0) is 0 Å². The molecule has 17 heavy (non-hydrogen) atoms. The molecule has 0 spiro atoms. The Bertz CT molecular complexity index is 393. The molecule has 0 atom stereocenters. The van der Waals surface area contributed by atoms with Crippen molar-refractivity contribution in [3.8, 4) is 0 Å². The van der Waals surface area contributed by atoms with Crippen molar-refractivity contribution < 1.29 is 4.79 Å². The summed E-state index contributed by atoms with van der Waals surface area (Å²) in [6.07, 6.45) is 0.890. The lowest BCUT2D eigenvalue weighted by molar-refractivity contribution is 0.0935. The zero-order chi connectivity index (χ0) is 12.9. The Balaban J connectivity index is 2.59. The number of amides is 1. The SMILES string of the molecule is CC(C)(CCCl)CNC(=O)c1ccccc1I. The minimum Gasteiger partial charge on any atom is -0.351 e. The van der Waals surface area contributed by atoms with Crippen LogP contribution in [0.25, 0.3) is 0 Å². The van der Waals surface area contributed by atoms with Crippen LogP contribution < -0.4 is 5.32 Å². The summed E-state index contributed by atoms with van der Waals surface area (Å²) in [4.78, 5) is 12.0. The molecule has 4 heteroatoms. The summed E-state index contributed by atoms with van der Waals surface area (Å²) >= 11 is 7.90. The third-order valence-corrected chi connectivity index (χ3v) is 3.75. The second kappa shape index (κ2) is 6.59. The monoisotopic (exact) mass is 365 g/mol. The molecule has 0 saturated carbocycles. The van der Waals surface area contributed by atoms with E-state index < -0.39 is 0 Å². The molecule has 0 aliphatic carbocycles. The van der Waals surface area contributed by atoms with Crippen molar-refractivity contribution in [1.82, 2.24) is 5.32 Å². The van der Waals surface area contributed by atoms with E-state index in [1.165, 1.54) is 0 Å². The first kappa shape index (κ1) is 14.8. The number of alkyl halides is 1. The highest BCUT2D eigenvalue weighted by atomic mass is 127. The molecule has 1 amide bonds. The van der Waals surface area contributed by atoms with Crippen molar-refractivity contribution in [2.24, 2.45) is 5.41 Å². The molecule has 0 aliphatic heterocycles. The molecule has 0 aromatic heterocycles. The van der Waals surface area contributed by atoms with Gasteiger partial charge < -0.3 is 5.32 Å². The van der Waals surface area contributed by atoms with E-state index in [2.05, 4.69) is 41.8 Å². The van der Waals surface area contributed by atoms with Gasteiger partial charge in [0, 0.05) is 16.0 Å². The number of rotatable bonds is 5. The van der Waals surface area contributed by atoms with Gasteiger partial charge in [-0.3, -0.25) is 4.79 Å². The molecule has 1 aromatic rings. The lowest BCUT2D eigenvalue weighted by atomic mass is 9.90. The third-order valence-electron chi connectivity index (χ3n) is 2.62. The van der Waals surface area contributed by atoms with Gasteiger partial charge in [0.1, 0.15) is 0 Å². The molecule has 0 radical (unpaired) electrons. The summed E-state index contributed by atoms with van der Waals surface area (Å²) in [5.74, 6) is 0.601. The standard InChI is InChI=1S/C13H17ClINO/c1-13(2,7-8-14)9-16-12(17)10-5-3-4-6-11(10)15/h3-6H,7-9H2,1-2H3,(H,16,17). The minimum absolute atomic E-state index is 0.0161. The van der Waals surface area contributed by atoms with Crippen LogP contribution >= 0.6 is 34.2 Å². The van der Waals surface area contributed by atoms with Crippen molar-refractivity contribution in [2.45, 2.75) is 20.3 Å². The van der Waals surface area contributed by atoms with Gasteiger partial charge in [0.05, 0.1) is 5.56 Å². The van der Waals surface area contributed by atoms with E-state index in [4.69, 9.17) is 11.6 Å². The lowest BCUT2D eigenvalue weighted by Gasteiger charge is -2.23. The van der Waals surface area contributed by atoms with Gasteiger partial charge in [-0.2, -0.15) is 0 Å². The normalized spacial score (nSPS) is 11.3. The van der Waals surface area contributed by atoms with E-state index in [1.807, 2.05) is 24.3 Å². The molecule has 0 unspecified atom stereocenters. The highest BCUT2D eigenvalue weighted by Gasteiger charge is 2.19. The van der Waals surface area contributed by atoms with Crippen molar-refractivity contribution >= 4 is 40.1 Å². The number of hydrogen-bond donors (Lipinski definition) is 1. The Labute approximate surface area is 121 Å². The van der Waals surface area contributed by atoms with Crippen LogP contribution in [0.15, 0.2) is 24.3 Å². The summed E-state index contributed by atoms with van der Waals surface area (Å²) in [6, 6.07) is 7.57. The highest BCUT2D eigenvalue weighted by molar-refractivity contribution is 14.1. The predicted octanol–water partition coefficient (Wildman–Crippen LogP) is 3.68. The average Bonchev–Trinajstić information content (AvgIpc) is 2.27. The van der Waals surface area contributed by atoms with Crippen molar-refractivity contribution in [3.63, 3.8) is 0 Å². The minimum atomic E-state index is -0.0161. The lowest BCUT2D eigenvalue weighted by Crippen LogP contribution is -2.34. The topological polar surface area (TPSA) is 29.1 Å². The Morgan fingerprint density at radius 3 is 2.65 bits per heavy atom. The maximum Gasteiger partial charge on any atom is 0.252 e. The Hall–Kier alpha value is -0.290. The molecular formula is C13H17ClINO. The van der Waals surface area contributed by atoms with Gasteiger partial charge >= 0.3 is 0 Å². The molecule has 1 N–H and O–H groups in total. The number of benzene rings is 1. The quantitative estimate of drug-likeness (QED) is 0.626. The molecule has 0 bridgehead atoms. The molecule has 1 aromatic carbocycles. The smallest absolute Gasteiger partial charge is 0.252 e. The van der Waals surface area contributed by atoms with Crippen LogP contribution in [-0.4, -0.2) is 18.3 Å². The molecular weight excluding hydrogens is 349 g/mol. The van der Waals surface area contributed by atoms with Crippen LogP contribution in [0, 0.1) is 8.99 Å². The fourth-order valence-electron chi connectivity index (χ4n) is 1.40. The molecule has 0 fully saturated rings. The zero-order valence-corrected chi connectivity index (χ0v) is 13.0. The number of carbonyl (C=O) groups is 1. The summed E-state index contributed by atoms with van der Waals surface area (Å²) in [6.45, 7) is 4.85. The second-order valence-corrected chi connectivity index (χ2v) is 6.31. The largest absolute Gasteiger partial charge is 0.351 e. The molecule has 0 saturated heterocycles. The summed E-state index contributed by atoms with van der Waals surface area (Å²) < 4.78 is 0.970. The van der Waals surface area contributed by atoms with Gasteiger partial charge in [-0.25, -0.2) is 0 Å². The maximum atomic E-state index is 12.0. The Morgan fingerprint density at radius 1 is 1.41 bits per heavy atom. The average molecular weight is 366 g/mol. The van der Waals surface area contributed by atoms with E-state index >= 15 is 0 Å². The predicted molar refractivity (Wildman–Crippen MR) is 80.6 cm³/mol. The van der Waals surface area contributed by atoms with Gasteiger partial charge in [0.15, 0.2) is 0 Å². The molecule has 2 nitrogen and oxygen atoms in total. The first-order valence-electron chi connectivity index (χ1n) is 5.55. The maximum absolute atomic E-state index is 12.0. The van der Waals surface area contributed by atoms with Gasteiger partial charge in [-0.1, -0.05) is 26.0 Å². The molecule has 0 heterocycles. The fourth-order valence-corrected chi connectivity index (χ4v) is 2.55. The van der Waals surface area contributed by atoms with Crippen molar-refractivity contribution in [3.05, 3.63) is 33.4 Å². The molecule has 1 rings (SSSR count). The number of carbonyl (C=O) groups excluding carboxylic acids is 1.